The zero-order chi connectivity index (χ0) is 13.8. The van der Waals surface area contributed by atoms with Crippen LogP contribution in [0.5, 0.6) is 0 Å². The maximum Gasteiger partial charge on any atom is 0.354 e. The number of benzene rings is 1. The summed E-state index contributed by atoms with van der Waals surface area (Å²) in [5.41, 5.74) is 0.882. The molecular weight excluding hydrogens is 244 g/mol. The summed E-state index contributed by atoms with van der Waals surface area (Å²) in [5, 5.41) is 8.86. The van der Waals surface area contributed by atoms with Crippen molar-refractivity contribution in [3.05, 3.63) is 59.9 Å². The van der Waals surface area contributed by atoms with Crippen molar-refractivity contribution >= 4 is 17.6 Å². The quantitative estimate of drug-likeness (QED) is 0.912. The van der Waals surface area contributed by atoms with E-state index in [1.165, 1.54) is 23.2 Å². The number of aromatic carboxylic acids is 1. The smallest absolute Gasteiger partial charge is 0.354 e. The second-order valence-electron chi connectivity index (χ2n) is 3.93. The van der Waals surface area contributed by atoms with Crippen LogP contribution >= 0.6 is 0 Å². The molecule has 0 bridgehead atoms. The molecule has 0 aliphatic rings. The zero-order valence-corrected chi connectivity index (χ0v) is 10.3. The molecule has 0 radical (unpaired) electrons. The average Bonchev–Trinajstić information content (AvgIpc) is 2.46. The van der Waals surface area contributed by atoms with E-state index in [1.807, 2.05) is 18.2 Å². The summed E-state index contributed by atoms with van der Waals surface area (Å²) < 4.78 is 0. The minimum atomic E-state index is -1.16. The van der Waals surface area contributed by atoms with E-state index in [9.17, 15) is 9.59 Å². The third-order valence-corrected chi connectivity index (χ3v) is 2.67. The predicted octanol–water partition coefficient (Wildman–Crippen LogP) is 2.06. The molecule has 1 amide bonds. The van der Waals surface area contributed by atoms with Crippen molar-refractivity contribution in [1.82, 2.24) is 4.98 Å². The Labute approximate surface area is 110 Å². The second kappa shape index (κ2) is 5.30. The number of carbonyl (C=O) groups excluding carboxylic acids is 1. The van der Waals surface area contributed by atoms with Crippen LogP contribution in [0.3, 0.4) is 0 Å². The van der Waals surface area contributed by atoms with Crippen LogP contribution in [0.1, 0.15) is 20.8 Å². The van der Waals surface area contributed by atoms with Gasteiger partial charge >= 0.3 is 5.97 Å². The van der Waals surface area contributed by atoms with Gasteiger partial charge in [0.15, 0.2) is 0 Å². The van der Waals surface area contributed by atoms with Gasteiger partial charge in [-0.2, -0.15) is 0 Å². The molecule has 5 heteroatoms. The first-order chi connectivity index (χ1) is 9.09. The van der Waals surface area contributed by atoms with Crippen LogP contribution in [0.25, 0.3) is 0 Å². The fourth-order valence-corrected chi connectivity index (χ4v) is 1.64. The Morgan fingerprint density at radius 1 is 1.16 bits per heavy atom. The van der Waals surface area contributed by atoms with Gasteiger partial charge in [0.25, 0.3) is 5.91 Å². The summed E-state index contributed by atoms with van der Waals surface area (Å²) in [6, 6.07) is 11.9. The fourth-order valence-electron chi connectivity index (χ4n) is 1.64. The number of pyridine rings is 1. The highest BCUT2D eigenvalue weighted by molar-refractivity contribution is 6.06. The zero-order valence-electron chi connectivity index (χ0n) is 10.3. The lowest BCUT2D eigenvalue weighted by atomic mass is 10.2. The molecule has 2 aromatic rings. The first-order valence-electron chi connectivity index (χ1n) is 5.62. The number of nitrogens with zero attached hydrogens (tertiary/aromatic N) is 2. The maximum absolute atomic E-state index is 12.2. The Kier molecular flexibility index (Phi) is 3.56. The maximum atomic E-state index is 12.2. The molecule has 0 fully saturated rings. The molecule has 0 spiro atoms. The first-order valence-corrected chi connectivity index (χ1v) is 5.62. The van der Waals surface area contributed by atoms with Gasteiger partial charge in [-0.05, 0) is 24.3 Å². The summed E-state index contributed by atoms with van der Waals surface area (Å²) in [6.45, 7) is 0. The molecule has 1 N–H and O–H groups in total. The molecule has 19 heavy (non-hydrogen) atoms. The number of carboxylic acid groups (broad SMARTS) is 1. The van der Waals surface area contributed by atoms with Crippen LogP contribution in [-0.2, 0) is 0 Å². The van der Waals surface area contributed by atoms with Crippen molar-refractivity contribution in [3.63, 3.8) is 0 Å². The molecular formula is C14H12N2O3. The van der Waals surface area contributed by atoms with Gasteiger partial charge < -0.3 is 10.0 Å². The van der Waals surface area contributed by atoms with Crippen LogP contribution in [0.4, 0.5) is 5.69 Å². The topological polar surface area (TPSA) is 70.5 Å². The van der Waals surface area contributed by atoms with Gasteiger partial charge in [-0.1, -0.05) is 18.2 Å². The normalized spacial score (nSPS) is 9.95. The molecule has 0 saturated carbocycles. The Balaban J connectivity index is 2.29. The standard InChI is InChI=1S/C14H12N2O3/c1-16(11-5-3-2-4-6-11)13(17)10-7-8-15-12(9-10)14(18)19/h2-9H,1H3,(H,18,19). The van der Waals surface area contributed by atoms with Gasteiger partial charge in [0.1, 0.15) is 5.69 Å². The SMILES string of the molecule is CN(C(=O)c1ccnc(C(=O)O)c1)c1ccccc1. The van der Waals surface area contributed by atoms with Crippen LogP contribution in [-0.4, -0.2) is 29.0 Å². The number of aromatic nitrogens is 1. The highest BCUT2D eigenvalue weighted by atomic mass is 16.4. The number of amides is 1. The van der Waals surface area contributed by atoms with Crippen molar-refractivity contribution in [2.24, 2.45) is 0 Å². The van der Waals surface area contributed by atoms with Crippen molar-refractivity contribution in [2.75, 3.05) is 11.9 Å². The molecule has 1 heterocycles. The van der Waals surface area contributed by atoms with E-state index in [2.05, 4.69) is 4.98 Å². The summed E-state index contributed by atoms with van der Waals surface area (Å²) in [5.74, 6) is -1.44. The largest absolute Gasteiger partial charge is 0.477 e. The van der Waals surface area contributed by atoms with Crippen LogP contribution in [0.2, 0.25) is 0 Å². The highest BCUT2D eigenvalue weighted by Crippen LogP contribution is 2.15. The lowest BCUT2D eigenvalue weighted by Gasteiger charge is -2.17. The Morgan fingerprint density at radius 2 is 1.84 bits per heavy atom. The summed E-state index contributed by atoms with van der Waals surface area (Å²) >= 11 is 0. The van der Waals surface area contributed by atoms with E-state index in [1.54, 1.807) is 19.2 Å². The van der Waals surface area contributed by atoms with Crippen molar-refractivity contribution < 1.29 is 14.7 Å². The Bertz CT molecular complexity index is 611. The van der Waals surface area contributed by atoms with Gasteiger partial charge in [0.05, 0.1) is 0 Å². The van der Waals surface area contributed by atoms with Gasteiger partial charge in [0, 0.05) is 24.5 Å². The minimum Gasteiger partial charge on any atom is -0.477 e. The van der Waals surface area contributed by atoms with Crippen LogP contribution in [0.15, 0.2) is 48.7 Å². The van der Waals surface area contributed by atoms with E-state index in [4.69, 9.17) is 5.11 Å². The monoisotopic (exact) mass is 256 g/mol. The van der Waals surface area contributed by atoms with E-state index in [0.29, 0.717) is 5.56 Å². The van der Waals surface area contributed by atoms with E-state index in [0.717, 1.165) is 5.69 Å². The average molecular weight is 256 g/mol. The van der Waals surface area contributed by atoms with Crippen LogP contribution in [0, 0.1) is 0 Å². The lowest BCUT2D eigenvalue weighted by Crippen LogP contribution is -2.26. The second-order valence-corrected chi connectivity index (χ2v) is 3.93. The molecule has 0 saturated heterocycles. The Morgan fingerprint density at radius 3 is 2.47 bits per heavy atom. The molecule has 0 atom stereocenters. The molecule has 0 unspecified atom stereocenters. The van der Waals surface area contributed by atoms with Crippen molar-refractivity contribution in [1.29, 1.82) is 0 Å². The van der Waals surface area contributed by atoms with Gasteiger partial charge in [-0.25, -0.2) is 9.78 Å². The third-order valence-electron chi connectivity index (χ3n) is 2.67. The number of carbonyl (C=O) groups is 2. The molecule has 1 aromatic heterocycles. The van der Waals surface area contributed by atoms with E-state index >= 15 is 0 Å². The number of hydrogen-bond donors (Lipinski definition) is 1. The summed E-state index contributed by atoms with van der Waals surface area (Å²) in [7, 11) is 1.64. The number of rotatable bonds is 3. The fraction of sp³-hybridized carbons (Fsp3) is 0.0714. The molecule has 0 aliphatic carbocycles. The van der Waals surface area contributed by atoms with Gasteiger partial charge in [-0.3, -0.25) is 4.79 Å². The number of hydrogen-bond acceptors (Lipinski definition) is 3. The first kappa shape index (κ1) is 12.8. The van der Waals surface area contributed by atoms with Crippen molar-refractivity contribution in [3.8, 4) is 0 Å². The van der Waals surface area contributed by atoms with Gasteiger partial charge in [0.2, 0.25) is 0 Å². The summed E-state index contributed by atoms with van der Waals surface area (Å²) in [6.07, 6.45) is 1.32. The van der Waals surface area contributed by atoms with Crippen LogP contribution < -0.4 is 4.90 Å². The highest BCUT2D eigenvalue weighted by Gasteiger charge is 2.15. The number of carboxylic acids is 1. The lowest BCUT2D eigenvalue weighted by molar-refractivity contribution is 0.0690. The molecule has 0 aliphatic heterocycles. The molecule has 5 nitrogen and oxygen atoms in total. The predicted molar refractivity (Wildman–Crippen MR) is 70.4 cm³/mol. The van der Waals surface area contributed by atoms with Crippen molar-refractivity contribution in [2.45, 2.75) is 0 Å². The van der Waals surface area contributed by atoms with E-state index < -0.39 is 5.97 Å². The molecule has 96 valence electrons. The minimum absolute atomic E-state index is 0.146. The third kappa shape index (κ3) is 2.77. The van der Waals surface area contributed by atoms with E-state index in [-0.39, 0.29) is 11.6 Å². The Hall–Kier alpha value is -2.69. The molecule has 2 rings (SSSR count). The number of para-hydroxylation sites is 1. The van der Waals surface area contributed by atoms with Gasteiger partial charge in [-0.15, -0.1) is 0 Å². The number of anilines is 1. The summed E-state index contributed by atoms with van der Waals surface area (Å²) in [4.78, 5) is 28.2. The molecule has 1 aromatic carbocycles.